The van der Waals surface area contributed by atoms with Gasteiger partial charge in [-0.05, 0) is 36.8 Å². The van der Waals surface area contributed by atoms with Gasteiger partial charge < -0.3 is 15.1 Å². The molecule has 1 atom stereocenters. The van der Waals surface area contributed by atoms with Gasteiger partial charge in [0.05, 0.1) is 11.6 Å². The molecule has 2 aromatic rings. The summed E-state index contributed by atoms with van der Waals surface area (Å²) in [5, 5.41) is 20.3. The lowest BCUT2D eigenvalue weighted by atomic mass is 9.95. The molecule has 1 aliphatic rings. The topological polar surface area (TPSA) is 94.9 Å². The van der Waals surface area contributed by atoms with E-state index in [1.165, 1.54) is 12.1 Å². The van der Waals surface area contributed by atoms with Gasteiger partial charge in [-0.3, -0.25) is 14.4 Å². The first kappa shape index (κ1) is 18.7. The molecule has 138 valence electrons. The first-order valence-corrected chi connectivity index (χ1v) is 8.50. The number of aliphatic carboxylic acids is 1. The lowest BCUT2D eigenvalue weighted by molar-refractivity contribution is -0.146. The minimum Gasteiger partial charge on any atom is -0.507 e. The molecule has 27 heavy (non-hydrogen) atoms. The molecule has 0 aromatic heterocycles. The number of benzene rings is 2. The average molecular weight is 386 g/mol. The van der Waals surface area contributed by atoms with Gasteiger partial charge >= 0.3 is 5.97 Å². The Kier molecular flexibility index (Phi) is 5.01. The number of carboxylic acid groups (broad SMARTS) is 1. The standard InChI is InChI=1S/C20H16ClNO5/c1-11-2-4-12(5-3-11)17-16(18(25)13-6-8-14(21)9-7-13)19(26)20(27)22(17)10-15(23)24/h2-9,17,25H,10H2,1H3,(H,23,24)/t17-/m0/s1. The molecule has 1 aliphatic heterocycles. The number of carbonyl (C=O) groups excluding carboxylic acids is 2. The van der Waals surface area contributed by atoms with Crippen molar-refractivity contribution in [2.45, 2.75) is 13.0 Å². The fourth-order valence-electron chi connectivity index (χ4n) is 3.05. The zero-order valence-corrected chi connectivity index (χ0v) is 15.1. The number of halogens is 1. The number of rotatable bonds is 4. The maximum absolute atomic E-state index is 12.6. The normalized spacial score (nSPS) is 18.7. The molecule has 7 heteroatoms. The van der Waals surface area contributed by atoms with E-state index in [1.807, 2.05) is 6.92 Å². The molecule has 0 bridgehead atoms. The Balaban J connectivity index is 2.19. The molecule has 1 saturated heterocycles. The molecule has 1 heterocycles. The van der Waals surface area contributed by atoms with Crippen LogP contribution in [0.5, 0.6) is 0 Å². The number of ketones is 1. The second-order valence-electron chi connectivity index (χ2n) is 6.24. The highest BCUT2D eigenvalue weighted by molar-refractivity contribution is 6.46. The number of likely N-dealkylation sites (tertiary alicyclic amines) is 1. The van der Waals surface area contributed by atoms with E-state index in [-0.39, 0.29) is 11.3 Å². The SMILES string of the molecule is Cc1ccc([C@H]2C(=C(O)c3ccc(Cl)cc3)C(=O)C(=O)N2CC(=O)O)cc1. The van der Waals surface area contributed by atoms with Crippen molar-refractivity contribution in [1.29, 1.82) is 0 Å². The van der Waals surface area contributed by atoms with Gasteiger partial charge in [0.2, 0.25) is 0 Å². The monoisotopic (exact) mass is 385 g/mol. The zero-order chi connectivity index (χ0) is 19.7. The van der Waals surface area contributed by atoms with Gasteiger partial charge in [0, 0.05) is 10.6 Å². The van der Waals surface area contributed by atoms with Gasteiger partial charge in [-0.1, -0.05) is 41.4 Å². The summed E-state index contributed by atoms with van der Waals surface area (Å²) in [4.78, 5) is 37.2. The van der Waals surface area contributed by atoms with E-state index in [0.29, 0.717) is 16.1 Å². The first-order valence-electron chi connectivity index (χ1n) is 8.12. The van der Waals surface area contributed by atoms with E-state index in [9.17, 15) is 19.5 Å². The molecule has 6 nitrogen and oxygen atoms in total. The molecule has 2 aromatic carbocycles. The summed E-state index contributed by atoms with van der Waals surface area (Å²) < 4.78 is 0. The fraction of sp³-hybridized carbons (Fsp3) is 0.150. The Morgan fingerprint density at radius 3 is 2.19 bits per heavy atom. The number of Topliss-reactive ketones (excluding diaryl/α,β-unsaturated/α-hetero) is 1. The van der Waals surface area contributed by atoms with E-state index in [0.717, 1.165) is 10.5 Å². The summed E-state index contributed by atoms with van der Waals surface area (Å²) in [7, 11) is 0. The molecule has 0 radical (unpaired) electrons. The molecule has 1 fully saturated rings. The number of aliphatic hydroxyl groups is 1. The number of hydrogen-bond donors (Lipinski definition) is 2. The third-order valence-corrected chi connectivity index (χ3v) is 4.61. The molecule has 0 unspecified atom stereocenters. The minimum atomic E-state index is -1.25. The zero-order valence-electron chi connectivity index (χ0n) is 14.3. The lowest BCUT2D eigenvalue weighted by Gasteiger charge is -2.23. The number of amides is 1. The first-order chi connectivity index (χ1) is 12.8. The minimum absolute atomic E-state index is 0.146. The Labute approximate surface area is 160 Å². The highest BCUT2D eigenvalue weighted by Crippen LogP contribution is 2.39. The Morgan fingerprint density at radius 2 is 1.63 bits per heavy atom. The molecule has 1 amide bonds. The van der Waals surface area contributed by atoms with Crippen LogP contribution in [0.1, 0.15) is 22.7 Å². The van der Waals surface area contributed by atoms with Crippen LogP contribution in [0.2, 0.25) is 5.02 Å². The quantitative estimate of drug-likeness (QED) is 0.479. The van der Waals surface area contributed by atoms with Crippen molar-refractivity contribution >= 4 is 35.0 Å². The smallest absolute Gasteiger partial charge is 0.323 e. The van der Waals surface area contributed by atoms with E-state index in [1.54, 1.807) is 36.4 Å². The van der Waals surface area contributed by atoms with Crippen LogP contribution in [0.25, 0.3) is 5.76 Å². The fourth-order valence-corrected chi connectivity index (χ4v) is 3.17. The summed E-state index contributed by atoms with van der Waals surface area (Å²) in [6.07, 6.45) is 0. The third-order valence-electron chi connectivity index (χ3n) is 4.36. The van der Waals surface area contributed by atoms with Gasteiger partial charge in [-0.25, -0.2) is 0 Å². The Hall–Kier alpha value is -3.12. The van der Waals surface area contributed by atoms with Gasteiger partial charge in [0.25, 0.3) is 11.7 Å². The van der Waals surface area contributed by atoms with Gasteiger partial charge in [-0.2, -0.15) is 0 Å². The van der Waals surface area contributed by atoms with Crippen LogP contribution in [0.15, 0.2) is 54.1 Å². The predicted molar refractivity (Wildman–Crippen MR) is 99.3 cm³/mol. The second kappa shape index (κ2) is 7.25. The Bertz CT molecular complexity index is 947. The summed E-state index contributed by atoms with van der Waals surface area (Å²) >= 11 is 5.86. The van der Waals surface area contributed by atoms with E-state index in [4.69, 9.17) is 16.7 Å². The number of aryl methyl sites for hydroxylation is 1. The van der Waals surface area contributed by atoms with Crippen molar-refractivity contribution in [2.24, 2.45) is 0 Å². The van der Waals surface area contributed by atoms with Crippen molar-refractivity contribution in [3.8, 4) is 0 Å². The van der Waals surface area contributed by atoms with Crippen molar-refractivity contribution in [1.82, 2.24) is 4.90 Å². The number of nitrogens with zero attached hydrogens (tertiary/aromatic N) is 1. The average Bonchev–Trinajstić information content (AvgIpc) is 2.87. The van der Waals surface area contributed by atoms with Crippen LogP contribution in [0.3, 0.4) is 0 Å². The van der Waals surface area contributed by atoms with Gasteiger partial charge in [0.15, 0.2) is 0 Å². The highest BCUT2D eigenvalue weighted by atomic mass is 35.5. The van der Waals surface area contributed by atoms with Crippen LogP contribution in [0.4, 0.5) is 0 Å². The molecule has 3 rings (SSSR count). The molecule has 0 aliphatic carbocycles. The van der Waals surface area contributed by atoms with Crippen LogP contribution >= 0.6 is 11.6 Å². The predicted octanol–water partition coefficient (Wildman–Crippen LogP) is 3.15. The summed E-state index contributed by atoms with van der Waals surface area (Å²) in [5.41, 5.74) is 1.67. The number of hydrogen-bond acceptors (Lipinski definition) is 4. The Morgan fingerprint density at radius 1 is 1.04 bits per heavy atom. The molecule has 0 spiro atoms. The summed E-state index contributed by atoms with van der Waals surface area (Å²) in [6, 6.07) is 12.1. The molecule has 0 saturated carbocycles. The lowest BCUT2D eigenvalue weighted by Crippen LogP contribution is -2.34. The maximum Gasteiger partial charge on any atom is 0.323 e. The van der Waals surface area contributed by atoms with Crippen LogP contribution in [-0.4, -0.2) is 39.3 Å². The van der Waals surface area contributed by atoms with E-state index >= 15 is 0 Å². The van der Waals surface area contributed by atoms with E-state index < -0.39 is 30.2 Å². The van der Waals surface area contributed by atoms with Crippen LogP contribution in [0, 0.1) is 6.92 Å². The second-order valence-corrected chi connectivity index (χ2v) is 6.67. The third kappa shape index (κ3) is 3.57. The van der Waals surface area contributed by atoms with Crippen LogP contribution < -0.4 is 0 Å². The number of carboxylic acids is 1. The number of carbonyl (C=O) groups is 3. The largest absolute Gasteiger partial charge is 0.507 e. The summed E-state index contributed by atoms with van der Waals surface area (Å²) in [5.74, 6) is -3.50. The van der Waals surface area contributed by atoms with Crippen molar-refractivity contribution in [3.05, 3.63) is 75.8 Å². The van der Waals surface area contributed by atoms with Crippen molar-refractivity contribution in [2.75, 3.05) is 6.54 Å². The molecule has 2 N–H and O–H groups in total. The van der Waals surface area contributed by atoms with Crippen LogP contribution in [-0.2, 0) is 14.4 Å². The van der Waals surface area contributed by atoms with Gasteiger partial charge in [-0.15, -0.1) is 0 Å². The van der Waals surface area contributed by atoms with Gasteiger partial charge in [0.1, 0.15) is 12.3 Å². The highest BCUT2D eigenvalue weighted by Gasteiger charge is 2.46. The maximum atomic E-state index is 12.6. The van der Waals surface area contributed by atoms with Crippen molar-refractivity contribution < 1.29 is 24.6 Å². The van der Waals surface area contributed by atoms with Crippen molar-refractivity contribution in [3.63, 3.8) is 0 Å². The molecular weight excluding hydrogens is 370 g/mol. The number of aliphatic hydroxyl groups excluding tert-OH is 1. The van der Waals surface area contributed by atoms with E-state index in [2.05, 4.69) is 0 Å². The molecular formula is C20H16ClNO5. The summed E-state index contributed by atoms with van der Waals surface area (Å²) in [6.45, 7) is 1.23.